The monoisotopic (exact) mass is 416 g/mol. The van der Waals surface area contributed by atoms with E-state index in [4.69, 9.17) is 4.74 Å². The van der Waals surface area contributed by atoms with Crippen molar-refractivity contribution in [3.8, 4) is 16.9 Å². The van der Waals surface area contributed by atoms with Gasteiger partial charge in [-0.1, -0.05) is 66.7 Å². The maximum Gasteiger partial charge on any atom is 0.118 e. The van der Waals surface area contributed by atoms with Crippen molar-refractivity contribution in [1.29, 1.82) is 0 Å². The summed E-state index contributed by atoms with van der Waals surface area (Å²) in [7, 11) is 1.70. The second-order valence-corrected chi connectivity index (χ2v) is 8.32. The van der Waals surface area contributed by atoms with Gasteiger partial charge >= 0.3 is 0 Å². The summed E-state index contributed by atoms with van der Waals surface area (Å²) >= 11 is 0. The van der Waals surface area contributed by atoms with E-state index in [0.29, 0.717) is 0 Å². The summed E-state index contributed by atoms with van der Waals surface area (Å²) in [6.45, 7) is 0. The normalized spacial score (nSPS) is 16.2. The Morgan fingerprint density at radius 1 is 0.781 bits per heavy atom. The van der Waals surface area contributed by atoms with Crippen LogP contribution >= 0.6 is 0 Å². The molecule has 0 aromatic heterocycles. The molecule has 0 saturated heterocycles. The lowest BCUT2D eigenvalue weighted by Crippen LogP contribution is -2.33. The van der Waals surface area contributed by atoms with E-state index in [0.717, 1.165) is 23.6 Å². The van der Waals surface area contributed by atoms with Gasteiger partial charge in [0.25, 0.3) is 0 Å². The van der Waals surface area contributed by atoms with Crippen molar-refractivity contribution < 1.29 is 4.74 Å². The van der Waals surface area contributed by atoms with E-state index in [1.165, 1.54) is 33.4 Å². The molecule has 4 aromatic rings. The number of fused-ring (bicyclic) bond motifs is 3. The van der Waals surface area contributed by atoms with Crippen LogP contribution < -0.4 is 15.2 Å². The van der Waals surface area contributed by atoms with Crippen LogP contribution in [-0.2, 0) is 6.42 Å². The van der Waals surface area contributed by atoms with E-state index in [2.05, 4.69) is 101 Å². The highest BCUT2D eigenvalue weighted by molar-refractivity contribution is 5.80. The average molecular weight is 417 g/mol. The fourth-order valence-corrected chi connectivity index (χ4v) is 4.80. The van der Waals surface area contributed by atoms with Gasteiger partial charge < -0.3 is 4.74 Å². The van der Waals surface area contributed by atoms with Crippen molar-refractivity contribution >= 4 is 11.4 Å². The molecule has 32 heavy (non-hydrogen) atoms. The average Bonchev–Trinajstić information content (AvgIpc) is 3.46. The fraction of sp³-hybridized carbons (Fsp3) is 0.103. The maximum absolute atomic E-state index is 5.36. The van der Waals surface area contributed by atoms with Crippen LogP contribution in [0.3, 0.4) is 0 Å². The van der Waals surface area contributed by atoms with Gasteiger partial charge in [0, 0.05) is 0 Å². The molecular formula is C29H24N2O. The van der Waals surface area contributed by atoms with Crippen LogP contribution in [0, 0.1) is 0 Å². The molecule has 0 amide bonds. The van der Waals surface area contributed by atoms with Crippen LogP contribution in [0.4, 0.5) is 5.69 Å². The Bertz CT molecular complexity index is 1310. The van der Waals surface area contributed by atoms with Gasteiger partial charge in [-0.25, -0.2) is 0 Å². The minimum atomic E-state index is 0.0868. The highest BCUT2D eigenvalue weighted by Crippen LogP contribution is 2.40. The standard InChI is InChI=1S/C29H24N2O/c1-32-25-14-11-20(12-15-25)29-19-28(30-31(29)24-8-3-2-4-9-24)22-13-16-27-23(18-22)17-21-7-5-6-10-26(21)27/h2-16,18-19,29-30H,17H2,1H3. The van der Waals surface area contributed by atoms with Gasteiger partial charge in [0.2, 0.25) is 0 Å². The minimum absolute atomic E-state index is 0.0868. The van der Waals surface area contributed by atoms with E-state index >= 15 is 0 Å². The largest absolute Gasteiger partial charge is 0.497 e. The highest BCUT2D eigenvalue weighted by atomic mass is 16.5. The van der Waals surface area contributed by atoms with Gasteiger partial charge in [0.15, 0.2) is 0 Å². The van der Waals surface area contributed by atoms with Gasteiger partial charge in [-0.15, -0.1) is 0 Å². The first-order valence-electron chi connectivity index (χ1n) is 11.0. The zero-order valence-electron chi connectivity index (χ0n) is 18.0. The molecule has 0 bridgehead atoms. The second-order valence-electron chi connectivity index (χ2n) is 8.32. The molecule has 6 rings (SSSR count). The predicted molar refractivity (Wildman–Crippen MR) is 130 cm³/mol. The first-order valence-corrected chi connectivity index (χ1v) is 11.0. The summed E-state index contributed by atoms with van der Waals surface area (Å²) in [5.74, 6) is 0.869. The van der Waals surface area contributed by atoms with Gasteiger partial charge in [-0.2, -0.15) is 0 Å². The zero-order valence-corrected chi connectivity index (χ0v) is 18.0. The minimum Gasteiger partial charge on any atom is -0.497 e. The van der Waals surface area contributed by atoms with Crippen molar-refractivity contribution in [2.45, 2.75) is 12.5 Å². The number of hydrogen-bond acceptors (Lipinski definition) is 3. The smallest absolute Gasteiger partial charge is 0.118 e. The molecule has 1 N–H and O–H groups in total. The molecule has 1 aliphatic heterocycles. The molecule has 1 atom stereocenters. The van der Waals surface area contributed by atoms with Crippen LogP contribution in [0.15, 0.2) is 103 Å². The number of hydrogen-bond donors (Lipinski definition) is 1. The van der Waals surface area contributed by atoms with Crippen LogP contribution in [-0.4, -0.2) is 7.11 Å². The number of methoxy groups -OCH3 is 1. The number of ether oxygens (including phenoxy) is 1. The number of rotatable bonds is 4. The third kappa shape index (κ3) is 3.14. The van der Waals surface area contributed by atoms with Crippen LogP contribution in [0.5, 0.6) is 5.75 Å². The lowest BCUT2D eigenvalue weighted by molar-refractivity contribution is 0.414. The quantitative estimate of drug-likeness (QED) is 0.368. The molecule has 1 unspecified atom stereocenters. The Balaban J connectivity index is 1.38. The Hall–Kier alpha value is -3.98. The molecule has 4 aromatic carbocycles. The number of nitrogens with zero attached hydrogens (tertiary/aromatic N) is 1. The van der Waals surface area contributed by atoms with Crippen molar-refractivity contribution in [2.75, 3.05) is 12.1 Å². The SMILES string of the molecule is COc1ccc(C2C=C(c3ccc4c(c3)Cc3ccccc3-4)NN2c2ccccc2)cc1. The molecule has 0 spiro atoms. The Morgan fingerprint density at radius 2 is 1.53 bits per heavy atom. The molecule has 1 aliphatic carbocycles. The summed E-state index contributed by atoms with van der Waals surface area (Å²) in [6.07, 6.45) is 3.32. The van der Waals surface area contributed by atoms with E-state index in [-0.39, 0.29) is 6.04 Å². The van der Waals surface area contributed by atoms with Crippen LogP contribution in [0.1, 0.15) is 28.3 Å². The van der Waals surface area contributed by atoms with Crippen LogP contribution in [0.25, 0.3) is 16.8 Å². The van der Waals surface area contributed by atoms with Crippen molar-refractivity contribution in [3.63, 3.8) is 0 Å². The highest BCUT2D eigenvalue weighted by Gasteiger charge is 2.28. The Morgan fingerprint density at radius 3 is 2.34 bits per heavy atom. The maximum atomic E-state index is 5.36. The fourth-order valence-electron chi connectivity index (χ4n) is 4.80. The molecular weight excluding hydrogens is 392 g/mol. The summed E-state index contributed by atoms with van der Waals surface area (Å²) in [4.78, 5) is 0. The molecule has 3 nitrogen and oxygen atoms in total. The first-order chi connectivity index (χ1) is 15.8. The van der Waals surface area contributed by atoms with Crippen molar-refractivity contribution in [1.82, 2.24) is 5.43 Å². The number of anilines is 1. The molecule has 0 radical (unpaired) electrons. The number of hydrazine groups is 1. The van der Waals surface area contributed by atoms with E-state index in [1.807, 2.05) is 12.1 Å². The summed E-state index contributed by atoms with van der Waals surface area (Å²) in [6, 6.07) is 34.5. The Labute approximate surface area is 188 Å². The van der Waals surface area contributed by atoms with Gasteiger partial charge in [0.05, 0.1) is 24.5 Å². The van der Waals surface area contributed by atoms with E-state index in [1.54, 1.807) is 7.11 Å². The number of para-hydroxylation sites is 1. The number of nitrogens with one attached hydrogen (secondary N) is 1. The Kier molecular flexibility index (Phi) is 4.46. The van der Waals surface area contributed by atoms with Crippen molar-refractivity contribution in [3.05, 3.63) is 125 Å². The molecule has 3 heteroatoms. The predicted octanol–water partition coefficient (Wildman–Crippen LogP) is 6.37. The molecule has 0 saturated carbocycles. The molecule has 1 heterocycles. The van der Waals surface area contributed by atoms with Gasteiger partial charge in [-0.05, 0) is 76.2 Å². The topological polar surface area (TPSA) is 24.5 Å². The summed E-state index contributed by atoms with van der Waals surface area (Å²) in [5.41, 5.74) is 13.9. The van der Waals surface area contributed by atoms with Gasteiger partial charge in [-0.3, -0.25) is 10.4 Å². The zero-order chi connectivity index (χ0) is 21.5. The molecule has 156 valence electrons. The van der Waals surface area contributed by atoms with Gasteiger partial charge in [0.1, 0.15) is 5.75 Å². The third-order valence-electron chi connectivity index (χ3n) is 6.44. The lowest BCUT2D eigenvalue weighted by Gasteiger charge is -2.27. The van der Waals surface area contributed by atoms with Crippen LogP contribution in [0.2, 0.25) is 0 Å². The summed E-state index contributed by atoms with van der Waals surface area (Å²) in [5, 5.41) is 2.24. The second kappa shape index (κ2) is 7.61. The first kappa shape index (κ1) is 18.8. The molecule has 0 fully saturated rings. The summed E-state index contributed by atoms with van der Waals surface area (Å²) < 4.78 is 5.36. The van der Waals surface area contributed by atoms with Crippen molar-refractivity contribution in [2.24, 2.45) is 0 Å². The third-order valence-corrected chi connectivity index (χ3v) is 6.44. The lowest BCUT2D eigenvalue weighted by atomic mass is 10.0. The van der Waals surface area contributed by atoms with E-state index < -0.39 is 0 Å². The molecule has 2 aliphatic rings. The number of benzene rings is 4. The van der Waals surface area contributed by atoms with E-state index in [9.17, 15) is 0 Å².